The molecule has 0 aliphatic heterocycles. The molecule has 80 valence electrons. The van der Waals surface area contributed by atoms with E-state index in [4.69, 9.17) is 5.73 Å². The molecule has 13 heavy (non-hydrogen) atoms. The molecule has 2 nitrogen and oxygen atoms in total. The molecule has 3 heteroatoms. The predicted molar refractivity (Wildman–Crippen MR) is 60.2 cm³/mol. The van der Waals surface area contributed by atoms with Crippen LogP contribution in [-0.2, 0) is 10.8 Å². The Morgan fingerprint density at radius 1 is 1.23 bits per heavy atom. The maximum Gasteiger partial charge on any atom is 0.0470 e. The molecule has 0 rings (SSSR count). The van der Waals surface area contributed by atoms with Crippen LogP contribution in [-0.4, -0.2) is 21.3 Å². The zero-order valence-electron chi connectivity index (χ0n) is 9.25. The summed E-state index contributed by atoms with van der Waals surface area (Å²) in [6.07, 6.45) is 2.01. The summed E-state index contributed by atoms with van der Waals surface area (Å²) in [6.45, 7) is 8.31. The van der Waals surface area contributed by atoms with Crippen LogP contribution in [0.1, 0.15) is 40.5 Å². The summed E-state index contributed by atoms with van der Waals surface area (Å²) >= 11 is 0. The third-order valence-electron chi connectivity index (χ3n) is 2.63. The van der Waals surface area contributed by atoms with Crippen molar-refractivity contribution in [3.05, 3.63) is 0 Å². The minimum atomic E-state index is -0.750. The minimum absolute atomic E-state index is 0.0879. The van der Waals surface area contributed by atoms with Gasteiger partial charge in [0.2, 0.25) is 0 Å². The highest BCUT2D eigenvalue weighted by Crippen LogP contribution is 2.09. The molecule has 4 atom stereocenters. The van der Waals surface area contributed by atoms with E-state index < -0.39 is 10.8 Å². The van der Waals surface area contributed by atoms with Crippen LogP contribution in [0, 0.1) is 5.92 Å². The van der Waals surface area contributed by atoms with Crippen molar-refractivity contribution in [1.82, 2.24) is 0 Å². The van der Waals surface area contributed by atoms with Crippen LogP contribution in [0.5, 0.6) is 0 Å². The molecular weight excluding hydrogens is 182 g/mol. The first-order chi connectivity index (χ1) is 6.02. The Labute approximate surface area is 84.7 Å². The second kappa shape index (κ2) is 6.55. The summed E-state index contributed by atoms with van der Waals surface area (Å²) in [6, 6.07) is 0.0879. The Kier molecular flexibility index (Phi) is 6.60. The van der Waals surface area contributed by atoms with Crippen LogP contribution in [0.15, 0.2) is 0 Å². The fourth-order valence-electron chi connectivity index (χ4n) is 1.08. The van der Waals surface area contributed by atoms with Gasteiger partial charge in [-0.25, -0.2) is 0 Å². The summed E-state index contributed by atoms with van der Waals surface area (Å²) in [5.74, 6) is 1.35. The van der Waals surface area contributed by atoms with E-state index in [1.807, 2.05) is 13.8 Å². The summed E-state index contributed by atoms with van der Waals surface area (Å²) in [4.78, 5) is 0. The van der Waals surface area contributed by atoms with Gasteiger partial charge >= 0.3 is 0 Å². The van der Waals surface area contributed by atoms with E-state index in [9.17, 15) is 4.21 Å². The largest absolute Gasteiger partial charge is 0.327 e. The first kappa shape index (κ1) is 13.1. The van der Waals surface area contributed by atoms with Crippen LogP contribution in [0.25, 0.3) is 0 Å². The normalized spacial score (nSPS) is 20.7. The lowest BCUT2D eigenvalue weighted by Gasteiger charge is -2.19. The van der Waals surface area contributed by atoms with E-state index in [1.165, 1.54) is 0 Å². The highest BCUT2D eigenvalue weighted by molar-refractivity contribution is 7.85. The molecule has 0 radical (unpaired) electrons. The van der Waals surface area contributed by atoms with Gasteiger partial charge in [-0.05, 0) is 19.3 Å². The Bertz CT molecular complexity index is 161. The zero-order chi connectivity index (χ0) is 10.4. The molecule has 2 N–H and O–H groups in total. The summed E-state index contributed by atoms with van der Waals surface area (Å²) in [7, 11) is -0.750. The van der Waals surface area contributed by atoms with Crippen molar-refractivity contribution in [2.45, 2.75) is 51.8 Å². The summed E-state index contributed by atoms with van der Waals surface area (Å²) in [5.41, 5.74) is 5.84. The third kappa shape index (κ3) is 4.77. The molecule has 0 aromatic rings. The highest BCUT2D eigenvalue weighted by Gasteiger charge is 2.18. The maximum atomic E-state index is 11.7. The highest BCUT2D eigenvalue weighted by atomic mass is 32.2. The number of nitrogens with two attached hydrogens (primary N) is 1. The lowest BCUT2D eigenvalue weighted by Crippen LogP contribution is -2.36. The van der Waals surface area contributed by atoms with Gasteiger partial charge in [-0.15, -0.1) is 0 Å². The molecule has 0 aliphatic carbocycles. The van der Waals surface area contributed by atoms with E-state index in [-0.39, 0.29) is 11.3 Å². The molecule has 0 saturated carbocycles. The predicted octanol–water partition coefficient (Wildman–Crippen LogP) is 1.91. The fraction of sp³-hybridized carbons (Fsp3) is 1.00. The lowest BCUT2D eigenvalue weighted by atomic mass is 10.2. The first-order valence-electron chi connectivity index (χ1n) is 5.15. The van der Waals surface area contributed by atoms with Crippen LogP contribution >= 0.6 is 0 Å². The van der Waals surface area contributed by atoms with Crippen molar-refractivity contribution in [2.75, 3.05) is 5.75 Å². The molecule has 4 unspecified atom stereocenters. The third-order valence-corrected chi connectivity index (χ3v) is 4.71. The Balaban J connectivity index is 3.96. The van der Waals surface area contributed by atoms with Gasteiger partial charge in [0.1, 0.15) is 0 Å². The second-order valence-corrected chi connectivity index (χ2v) is 5.68. The van der Waals surface area contributed by atoms with Crippen molar-refractivity contribution in [3.8, 4) is 0 Å². The zero-order valence-corrected chi connectivity index (χ0v) is 10.1. The van der Waals surface area contributed by atoms with Gasteiger partial charge in [0, 0.05) is 27.8 Å². The molecule has 0 saturated heterocycles. The van der Waals surface area contributed by atoms with E-state index >= 15 is 0 Å². The van der Waals surface area contributed by atoms with Crippen LogP contribution in [0.3, 0.4) is 0 Å². The molecular formula is C10H23NOS. The smallest absolute Gasteiger partial charge is 0.0470 e. The van der Waals surface area contributed by atoms with Gasteiger partial charge in [-0.2, -0.15) is 0 Å². The average molecular weight is 205 g/mol. The van der Waals surface area contributed by atoms with E-state index in [0.29, 0.717) is 5.92 Å². The lowest BCUT2D eigenvalue weighted by molar-refractivity contribution is 0.585. The minimum Gasteiger partial charge on any atom is -0.327 e. The van der Waals surface area contributed by atoms with E-state index in [0.717, 1.165) is 18.6 Å². The van der Waals surface area contributed by atoms with Crippen molar-refractivity contribution in [3.63, 3.8) is 0 Å². The van der Waals surface area contributed by atoms with Gasteiger partial charge in [-0.3, -0.25) is 4.21 Å². The molecule has 0 bridgehead atoms. The van der Waals surface area contributed by atoms with Crippen molar-refractivity contribution in [2.24, 2.45) is 11.7 Å². The molecule has 0 heterocycles. The van der Waals surface area contributed by atoms with Gasteiger partial charge in [-0.1, -0.05) is 27.2 Å². The van der Waals surface area contributed by atoms with Crippen LogP contribution in [0.4, 0.5) is 0 Å². The van der Waals surface area contributed by atoms with E-state index in [2.05, 4.69) is 13.8 Å². The second-order valence-electron chi connectivity index (χ2n) is 3.84. The number of hydrogen-bond donors (Lipinski definition) is 1. The monoisotopic (exact) mass is 205 g/mol. The Morgan fingerprint density at radius 3 is 2.15 bits per heavy atom. The Hall–Kier alpha value is 0.110. The molecule has 0 fully saturated rings. The van der Waals surface area contributed by atoms with Crippen LogP contribution < -0.4 is 5.73 Å². The molecule has 0 aromatic carbocycles. The fourth-order valence-corrected chi connectivity index (χ4v) is 2.76. The van der Waals surface area contributed by atoms with Crippen molar-refractivity contribution < 1.29 is 4.21 Å². The molecule has 0 amide bonds. The van der Waals surface area contributed by atoms with Crippen LogP contribution in [0.2, 0.25) is 0 Å². The van der Waals surface area contributed by atoms with E-state index in [1.54, 1.807) is 0 Å². The quantitative estimate of drug-likeness (QED) is 0.720. The van der Waals surface area contributed by atoms with Gasteiger partial charge in [0.05, 0.1) is 0 Å². The average Bonchev–Trinajstić information content (AvgIpc) is 2.14. The molecule has 0 spiro atoms. The van der Waals surface area contributed by atoms with Crippen molar-refractivity contribution in [1.29, 1.82) is 0 Å². The topological polar surface area (TPSA) is 43.1 Å². The standard InChI is InChI=1S/C10H23NOS/c1-5-8(3)7-13(12)9(4)10(11)6-2/h8-10H,5-7,11H2,1-4H3. The maximum absolute atomic E-state index is 11.7. The summed E-state index contributed by atoms with van der Waals surface area (Å²) < 4.78 is 11.7. The first-order valence-corrected chi connectivity index (χ1v) is 6.53. The molecule has 0 aliphatic rings. The SMILES string of the molecule is CCC(C)CS(=O)C(C)C(N)CC. The molecule has 0 aromatic heterocycles. The number of hydrogen-bond acceptors (Lipinski definition) is 2. The van der Waals surface area contributed by atoms with Gasteiger partial charge in [0.25, 0.3) is 0 Å². The Morgan fingerprint density at radius 2 is 1.77 bits per heavy atom. The van der Waals surface area contributed by atoms with Gasteiger partial charge in [0.15, 0.2) is 0 Å². The summed E-state index contributed by atoms with van der Waals surface area (Å²) in [5, 5.41) is 0.138. The van der Waals surface area contributed by atoms with Crippen molar-refractivity contribution >= 4 is 10.8 Å². The number of rotatable bonds is 6. The van der Waals surface area contributed by atoms with Gasteiger partial charge < -0.3 is 5.73 Å².